The van der Waals surface area contributed by atoms with Crippen molar-refractivity contribution in [3.05, 3.63) is 64.8 Å². The first-order valence-corrected chi connectivity index (χ1v) is 7.00. The summed E-state index contributed by atoms with van der Waals surface area (Å²) in [5, 5.41) is 2.49. The third-order valence-electron chi connectivity index (χ3n) is 3.99. The number of hydrogen-bond donors (Lipinski definition) is 0. The molecule has 0 saturated carbocycles. The monoisotopic (exact) mass is 261 g/mol. The average Bonchev–Trinajstić information content (AvgIpc) is 2.42. The summed E-state index contributed by atoms with van der Waals surface area (Å²) < 4.78 is 0. The van der Waals surface area contributed by atoms with E-state index in [1.165, 1.54) is 38.6 Å². The van der Waals surface area contributed by atoms with Gasteiger partial charge in [0.2, 0.25) is 0 Å². The SMILES string of the molecule is Cc1cc(C)c(C)c(-c2nccc3ccc(C)cc23)c1. The summed E-state index contributed by atoms with van der Waals surface area (Å²) >= 11 is 0. The van der Waals surface area contributed by atoms with Gasteiger partial charge in [-0.1, -0.05) is 29.3 Å². The maximum absolute atomic E-state index is 4.66. The van der Waals surface area contributed by atoms with E-state index < -0.39 is 0 Å². The Bertz CT molecular complexity index is 800. The summed E-state index contributed by atoms with van der Waals surface area (Å²) in [7, 11) is 0. The molecule has 0 aliphatic heterocycles. The van der Waals surface area contributed by atoms with E-state index in [9.17, 15) is 0 Å². The van der Waals surface area contributed by atoms with Crippen LogP contribution >= 0.6 is 0 Å². The van der Waals surface area contributed by atoms with Crippen LogP contribution in [0.4, 0.5) is 0 Å². The van der Waals surface area contributed by atoms with Crippen molar-refractivity contribution in [3.63, 3.8) is 0 Å². The van der Waals surface area contributed by atoms with Crippen LogP contribution in [0.5, 0.6) is 0 Å². The molecular formula is C19H19N. The van der Waals surface area contributed by atoms with Crippen molar-refractivity contribution in [2.24, 2.45) is 0 Å². The van der Waals surface area contributed by atoms with Gasteiger partial charge in [0.25, 0.3) is 0 Å². The van der Waals surface area contributed by atoms with Crippen LogP contribution in [0, 0.1) is 27.7 Å². The molecule has 0 unspecified atom stereocenters. The van der Waals surface area contributed by atoms with E-state index in [1.54, 1.807) is 0 Å². The zero-order chi connectivity index (χ0) is 14.3. The zero-order valence-electron chi connectivity index (χ0n) is 12.5. The molecule has 1 nitrogen and oxygen atoms in total. The molecule has 1 aromatic heterocycles. The molecule has 0 spiro atoms. The van der Waals surface area contributed by atoms with Crippen molar-refractivity contribution >= 4 is 10.8 Å². The van der Waals surface area contributed by atoms with Crippen LogP contribution in [-0.4, -0.2) is 4.98 Å². The minimum absolute atomic E-state index is 1.09. The summed E-state index contributed by atoms with van der Waals surface area (Å²) in [4.78, 5) is 4.66. The van der Waals surface area contributed by atoms with E-state index in [0.717, 1.165) is 5.69 Å². The average molecular weight is 261 g/mol. The standard InChI is InChI=1S/C19H19N/c1-12-5-6-16-7-8-20-19(18(16)10-12)17-11-13(2)9-14(3)15(17)4/h5-11H,1-4H3. The van der Waals surface area contributed by atoms with E-state index in [-0.39, 0.29) is 0 Å². The van der Waals surface area contributed by atoms with Gasteiger partial charge in [0, 0.05) is 17.1 Å². The van der Waals surface area contributed by atoms with Crippen LogP contribution in [0.25, 0.3) is 22.0 Å². The fourth-order valence-corrected chi connectivity index (χ4v) is 2.78. The molecule has 20 heavy (non-hydrogen) atoms. The lowest BCUT2D eigenvalue weighted by molar-refractivity contribution is 1.27. The molecule has 0 fully saturated rings. The van der Waals surface area contributed by atoms with E-state index >= 15 is 0 Å². The van der Waals surface area contributed by atoms with Gasteiger partial charge in [-0.05, 0) is 62.4 Å². The van der Waals surface area contributed by atoms with Crippen molar-refractivity contribution < 1.29 is 0 Å². The van der Waals surface area contributed by atoms with Gasteiger partial charge in [0.1, 0.15) is 0 Å². The molecule has 1 heteroatoms. The first kappa shape index (κ1) is 12.9. The van der Waals surface area contributed by atoms with Crippen molar-refractivity contribution in [2.45, 2.75) is 27.7 Å². The summed E-state index contributed by atoms with van der Waals surface area (Å²) in [6.07, 6.45) is 1.91. The summed E-state index contributed by atoms with van der Waals surface area (Å²) in [5.41, 5.74) is 7.54. The van der Waals surface area contributed by atoms with E-state index in [0.29, 0.717) is 0 Å². The molecule has 0 aliphatic carbocycles. The molecule has 0 amide bonds. The number of benzene rings is 2. The Morgan fingerprint density at radius 2 is 1.60 bits per heavy atom. The van der Waals surface area contributed by atoms with Gasteiger partial charge in [0.15, 0.2) is 0 Å². The number of aryl methyl sites for hydroxylation is 3. The quantitative estimate of drug-likeness (QED) is 0.591. The van der Waals surface area contributed by atoms with Crippen LogP contribution in [0.15, 0.2) is 42.6 Å². The summed E-state index contributed by atoms with van der Waals surface area (Å²) in [6.45, 7) is 8.62. The lowest BCUT2D eigenvalue weighted by atomic mass is 9.94. The Morgan fingerprint density at radius 1 is 0.800 bits per heavy atom. The minimum atomic E-state index is 1.09. The van der Waals surface area contributed by atoms with E-state index in [2.05, 4.69) is 69.1 Å². The van der Waals surface area contributed by atoms with Crippen molar-refractivity contribution in [1.82, 2.24) is 4.98 Å². The Hall–Kier alpha value is -2.15. The lowest BCUT2D eigenvalue weighted by Gasteiger charge is -2.12. The Balaban J connectivity index is 2.38. The van der Waals surface area contributed by atoms with E-state index in [4.69, 9.17) is 0 Å². The second kappa shape index (κ2) is 4.75. The van der Waals surface area contributed by atoms with Crippen molar-refractivity contribution in [1.29, 1.82) is 0 Å². The van der Waals surface area contributed by atoms with Crippen LogP contribution in [0.3, 0.4) is 0 Å². The first-order chi connectivity index (χ1) is 9.56. The number of hydrogen-bond acceptors (Lipinski definition) is 1. The molecule has 2 aromatic carbocycles. The van der Waals surface area contributed by atoms with Crippen LogP contribution < -0.4 is 0 Å². The fraction of sp³-hybridized carbons (Fsp3) is 0.211. The lowest BCUT2D eigenvalue weighted by Crippen LogP contribution is -1.93. The van der Waals surface area contributed by atoms with Gasteiger partial charge in [-0.15, -0.1) is 0 Å². The number of nitrogens with zero attached hydrogens (tertiary/aromatic N) is 1. The maximum Gasteiger partial charge on any atom is 0.0783 e. The number of fused-ring (bicyclic) bond motifs is 1. The Kier molecular flexibility index (Phi) is 3.06. The molecule has 0 N–H and O–H groups in total. The fourth-order valence-electron chi connectivity index (χ4n) is 2.78. The molecular weight excluding hydrogens is 242 g/mol. The highest BCUT2D eigenvalue weighted by atomic mass is 14.7. The Morgan fingerprint density at radius 3 is 2.40 bits per heavy atom. The van der Waals surface area contributed by atoms with Gasteiger partial charge in [0.05, 0.1) is 5.69 Å². The molecule has 0 radical (unpaired) electrons. The van der Waals surface area contributed by atoms with Crippen molar-refractivity contribution in [2.75, 3.05) is 0 Å². The normalized spacial score (nSPS) is 11.0. The molecule has 0 bridgehead atoms. The van der Waals surface area contributed by atoms with Gasteiger partial charge in [-0.25, -0.2) is 0 Å². The predicted octanol–water partition coefficient (Wildman–Crippen LogP) is 5.14. The smallest absolute Gasteiger partial charge is 0.0783 e. The third kappa shape index (κ3) is 2.09. The molecule has 0 saturated heterocycles. The van der Waals surface area contributed by atoms with Crippen molar-refractivity contribution in [3.8, 4) is 11.3 Å². The minimum Gasteiger partial charge on any atom is -0.256 e. The highest BCUT2D eigenvalue weighted by molar-refractivity contribution is 5.95. The predicted molar refractivity (Wildman–Crippen MR) is 86.1 cm³/mol. The van der Waals surface area contributed by atoms with Gasteiger partial charge < -0.3 is 0 Å². The molecule has 1 heterocycles. The zero-order valence-corrected chi connectivity index (χ0v) is 12.5. The summed E-state index contributed by atoms with van der Waals surface area (Å²) in [5.74, 6) is 0. The van der Waals surface area contributed by atoms with Crippen LogP contribution in [-0.2, 0) is 0 Å². The van der Waals surface area contributed by atoms with Gasteiger partial charge in [-0.3, -0.25) is 4.98 Å². The third-order valence-corrected chi connectivity index (χ3v) is 3.99. The van der Waals surface area contributed by atoms with Crippen LogP contribution in [0.1, 0.15) is 22.3 Å². The maximum atomic E-state index is 4.66. The number of pyridine rings is 1. The first-order valence-electron chi connectivity index (χ1n) is 7.00. The molecule has 3 rings (SSSR count). The highest BCUT2D eigenvalue weighted by Crippen LogP contribution is 2.31. The summed E-state index contributed by atoms with van der Waals surface area (Å²) in [6, 6.07) is 13.1. The van der Waals surface area contributed by atoms with E-state index in [1.807, 2.05) is 6.20 Å². The topological polar surface area (TPSA) is 12.9 Å². The van der Waals surface area contributed by atoms with Gasteiger partial charge >= 0.3 is 0 Å². The molecule has 0 aliphatic rings. The highest BCUT2D eigenvalue weighted by Gasteiger charge is 2.10. The number of rotatable bonds is 1. The van der Waals surface area contributed by atoms with Crippen LogP contribution in [0.2, 0.25) is 0 Å². The molecule has 3 aromatic rings. The molecule has 100 valence electrons. The largest absolute Gasteiger partial charge is 0.256 e. The van der Waals surface area contributed by atoms with Gasteiger partial charge in [-0.2, -0.15) is 0 Å². The second-order valence-electron chi connectivity index (χ2n) is 5.64. The molecule has 0 atom stereocenters. The second-order valence-corrected chi connectivity index (χ2v) is 5.64. The Labute approximate surface area is 120 Å². The number of aromatic nitrogens is 1.